The van der Waals surface area contributed by atoms with E-state index in [1.54, 1.807) is 19.5 Å². The van der Waals surface area contributed by atoms with Crippen molar-refractivity contribution >= 4 is 22.6 Å². The molecule has 2 atom stereocenters. The number of carbonyl (C=O) groups is 2. The summed E-state index contributed by atoms with van der Waals surface area (Å²) in [4.78, 5) is 29.8. The van der Waals surface area contributed by atoms with Crippen LogP contribution in [0, 0.1) is 0 Å². The number of nitrogens with one attached hydrogen (secondary N) is 2. The van der Waals surface area contributed by atoms with Gasteiger partial charge in [-0.3, -0.25) is 14.6 Å². The average Bonchev–Trinajstić information content (AvgIpc) is 3.32. The monoisotopic (exact) mass is 493 g/mol. The van der Waals surface area contributed by atoms with Crippen LogP contribution in [0.25, 0.3) is 10.8 Å². The highest BCUT2D eigenvalue weighted by Gasteiger charge is 2.38. The molecule has 6 nitrogen and oxygen atoms in total. The van der Waals surface area contributed by atoms with Gasteiger partial charge in [-0.2, -0.15) is 0 Å². The molecule has 1 aliphatic heterocycles. The molecular weight excluding hydrogens is 462 g/mol. The van der Waals surface area contributed by atoms with Crippen molar-refractivity contribution in [1.82, 2.24) is 15.6 Å². The summed E-state index contributed by atoms with van der Waals surface area (Å²) >= 11 is 0. The summed E-state index contributed by atoms with van der Waals surface area (Å²) in [6, 6.07) is 25.7. The topological polar surface area (TPSA) is 80.3 Å². The summed E-state index contributed by atoms with van der Waals surface area (Å²) < 4.78 is 5.56. The first-order chi connectivity index (χ1) is 18.1. The number of fused-ring (bicyclic) bond motifs is 1. The minimum Gasteiger partial charge on any atom is -0.496 e. The van der Waals surface area contributed by atoms with E-state index in [1.165, 1.54) is 0 Å². The number of pyridine rings is 1. The van der Waals surface area contributed by atoms with Gasteiger partial charge in [-0.1, -0.05) is 60.7 Å². The predicted octanol–water partition coefficient (Wildman–Crippen LogP) is 5.12. The van der Waals surface area contributed by atoms with Gasteiger partial charge in [-0.05, 0) is 59.5 Å². The third-order valence-electron chi connectivity index (χ3n) is 7.27. The normalized spacial score (nSPS) is 17.8. The molecule has 1 fully saturated rings. The number of hydrogen-bond donors (Lipinski definition) is 2. The minimum atomic E-state index is -0.468. The molecule has 6 heteroatoms. The molecule has 188 valence electrons. The smallest absolute Gasteiger partial charge is 0.220 e. The number of methoxy groups -OCH3 is 1. The van der Waals surface area contributed by atoms with E-state index >= 15 is 0 Å². The van der Waals surface area contributed by atoms with Crippen LogP contribution >= 0.6 is 0 Å². The van der Waals surface area contributed by atoms with Gasteiger partial charge >= 0.3 is 0 Å². The largest absolute Gasteiger partial charge is 0.496 e. The molecule has 3 aromatic carbocycles. The maximum Gasteiger partial charge on any atom is 0.220 e. The lowest BCUT2D eigenvalue weighted by Gasteiger charge is -2.30. The van der Waals surface area contributed by atoms with E-state index in [4.69, 9.17) is 4.74 Å². The van der Waals surface area contributed by atoms with Gasteiger partial charge in [-0.25, -0.2) is 0 Å². The van der Waals surface area contributed by atoms with Crippen molar-refractivity contribution in [3.05, 3.63) is 108 Å². The molecule has 0 aliphatic carbocycles. The SMILES string of the molecule is COc1ccc(C[C@]2(CCC(=O)N[C@H](c3ccccc3)c3ccncc3)CCC(=O)N2)c2ccccc12. The van der Waals surface area contributed by atoms with Crippen LogP contribution in [0.4, 0.5) is 0 Å². The molecule has 1 aromatic heterocycles. The highest BCUT2D eigenvalue weighted by molar-refractivity contribution is 5.91. The molecule has 0 spiro atoms. The molecule has 0 unspecified atom stereocenters. The summed E-state index contributed by atoms with van der Waals surface area (Å²) in [5, 5.41) is 8.59. The summed E-state index contributed by atoms with van der Waals surface area (Å²) in [5.74, 6) is 0.814. The molecule has 37 heavy (non-hydrogen) atoms. The first kappa shape index (κ1) is 24.5. The van der Waals surface area contributed by atoms with Crippen LogP contribution in [-0.2, 0) is 16.0 Å². The maximum atomic E-state index is 13.3. The Morgan fingerprint density at radius 3 is 2.38 bits per heavy atom. The molecular formula is C31H31N3O3. The number of ether oxygens (including phenoxy) is 1. The zero-order valence-corrected chi connectivity index (χ0v) is 20.9. The van der Waals surface area contributed by atoms with Crippen molar-refractivity contribution in [1.29, 1.82) is 0 Å². The summed E-state index contributed by atoms with van der Waals surface area (Å²) in [6.07, 6.45) is 6.17. The molecule has 1 aliphatic rings. The van der Waals surface area contributed by atoms with Crippen molar-refractivity contribution in [3.8, 4) is 5.75 Å². The van der Waals surface area contributed by atoms with Crippen LogP contribution in [0.15, 0.2) is 91.3 Å². The van der Waals surface area contributed by atoms with Crippen LogP contribution in [0.1, 0.15) is 48.4 Å². The lowest BCUT2D eigenvalue weighted by atomic mass is 9.83. The van der Waals surface area contributed by atoms with Gasteiger partial charge in [0.1, 0.15) is 5.75 Å². The minimum absolute atomic E-state index is 0.0390. The van der Waals surface area contributed by atoms with Crippen molar-refractivity contribution in [2.24, 2.45) is 0 Å². The van der Waals surface area contributed by atoms with Crippen LogP contribution < -0.4 is 15.4 Å². The predicted molar refractivity (Wildman–Crippen MR) is 144 cm³/mol. The lowest BCUT2D eigenvalue weighted by Crippen LogP contribution is -2.44. The molecule has 0 bridgehead atoms. The van der Waals surface area contributed by atoms with E-state index in [1.807, 2.05) is 66.7 Å². The second kappa shape index (κ2) is 10.8. The van der Waals surface area contributed by atoms with Crippen molar-refractivity contribution in [2.75, 3.05) is 7.11 Å². The third-order valence-corrected chi connectivity index (χ3v) is 7.27. The standard InChI is InChI=1S/C31H31N3O3/c1-37-27-12-11-24(25-9-5-6-10-26(25)27)21-31(18-14-29(36)34-31)17-13-28(35)33-30(22-7-3-2-4-8-22)23-15-19-32-20-16-23/h2-12,15-16,19-20,30H,13-14,17-18,21H2,1H3,(H,33,35)(H,34,36)/t30-,31+/m1/s1. The molecule has 2 N–H and O–H groups in total. The zero-order chi connectivity index (χ0) is 25.7. The second-order valence-electron chi connectivity index (χ2n) is 9.67. The Morgan fingerprint density at radius 1 is 0.973 bits per heavy atom. The number of hydrogen-bond acceptors (Lipinski definition) is 4. The van der Waals surface area contributed by atoms with E-state index in [0.29, 0.717) is 32.1 Å². The Bertz CT molecular complexity index is 1350. The molecule has 2 amide bonds. The van der Waals surface area contributed by atoms with Gasteiger partial charge in [0.15, 0.2) is 0 Å². The van der Waals surface area contributed by atoms with Crippen molar-refractivity contribution in [2.45, 2.75) is 43.7 Å². The average molecular weight is 494 g/mol. The first-order valence-electron chi connectivity index (χ1n) is 12.7. The van der Waals surface area contributed by atoms with E-state index < -0.39 is 5.54 Å². The summed E-state index contributed by atoms with van der Waals surface area (Å²) in [7, 11) is 1.67. The number of rotatable bonds is 9. The number of benzene rings is 3. The molecule has 5 rings (SSSR count). The molecule has 1 saturated heterocycles. The Hall–Kier alpha value is -4.19. The van der Waals surface area contributed by atoms with E-state index in [2.05, 4.69) is 27.8 Å². The Labute approximate surface area is 217 Å². The quantitative estimate of drug-likeness (QED) is 0.339. The zero-order valence-electron chi connectivity index (χ0n) is 20.9. The number of carbonyl (C=O) groups excluding carboxylic acids is 2. The van der Waals surface area contributed by atoms with Gasteiger partial charge in [0.05, 0.1) is 13.2 Å². The third kappa shape index (κ3) is 5.48. The second-order valence-corrected chi connectivity index (χ2v) is 9.67. The highest BCUT2D eigenvalue weighted by atomic mass is 16.5. The van der Waals surface area contributed by atoms with E-state index in [-0.39, 0.29) is 17.9 Å². The molecule has 0 saturated carbocycles. The van der Waals surface area contributed by atoms with Crippen LogP contribution in [0.3, 0.4) is 0 Å². The van der Waals surface area contributed by atoms with Gasteiger partial charge < -0.3 is 15.4 Å². The maximum absolute atomic E-state index is 13.3. The van der Waals surface area contributed by atoms with Crippen LogP contribution in [0.2, 0.25) is 0 Å². The number of nitrogens with zero attached hydrogens (tertiary/aromatic N) is 1. The lowest BCUT2D eigenvalue weighted by molar-refractivity contribution is -0.123. The van der Waals surface area contributed by atoms with Crippen LogP contribution in [0.5, 0.6) is 5.75 Å². The fourth-order valence-corrected chi connectivity index (χ4v) is 5.36. The summed E-state index contributed by atoms with van der Waals surface area (Å²) in [6.45, 7) is 0. The fraction of sp³-hybridized carbons (Fsp3) is 0.258. The van der Waals surface area contributed by atoms with Gasteiger partial charge in [-0.15, -0.1) is 0 Å². The Balaban J connectivity index is 1.35. The first-order valence-corrected chi connectivity index (χ1v) is 12.7. The number of amides is 2. The number of aromatic nitrogens is 1. The van der Waals surface area contributed by atoms with E-state index in [0.717, 1.165) is 33.2 Å². The fourth-order valence-electron chi connectivity index (χ4n) is 5.36. The van der Waals surface area contributed by atoms with Crippen molar-refractivity contribution in [3.63, 3.8) is 0 Å². The Morgan fingerprint density at radius 2 is 1.68 bits per heavy atom. The van der Waals surface area contributed by atoms with Gasteiger partial charge in [0.2, 0.25) is 11.8 Å². The van der Waals surface area contributed by atoms with Gasteiger partial charge in [0, 0.05) is 36.2 Å². The Kier molecular flexibility index (Phi) is 7.17. The van der Waals surface area contributed by atoms with Gasteiger partial charge in [0.25, 0.3) is 0 Å². The van der Waals surface area contributed by atoms with Crippen LogP contribution in [-0.4, -0.2) is 29.4 Å². The highest BCUT2D eigenvalue weighted by Crippen LogP contribution is 2.35. The van der Waals surface area contributed by atoms with Crippen molar-refractivity contribution < 1.29 is 14.3 Å². The molecule has 0 radical (unpaired) electrons. The summed E-state index contributed by atoms with van der Waals surface area (Å²) in [5.41, 5.74) is 2.65. The molecule has 4 aromatic rings. The van der Waals surface area contributed by atoms with E-state index in [9.17, 15) is 9.59 Å². The molecule has 2 heterocycles.